The zero-order chi connectivity index (χ0) is 19.4. The molecule has 0 aliphatic carbocycles. The minimum atomic E-state index is -0.494. The summed E-state index contributed by atoms with van der Waals surface area (Å²) in [5.41, 5.74) is 4.36. The molecule has 3 rings (SSSR count). The average molecular weight is 363 g/mol. The number of hydrogen-bond donors (Lipinski definition) is 1. The molecule has 1 amide bonds. The fourth-order valence-corrected chi connectivity index (χ4v) is 2.84. The van der Waals surface area contributed by atoms with Crippen molar-refractivity contribution in [2.45, 2.75) is 20.4 Å². The SMILES string of the molecule is COC(=O)c1ccccc1NC(=O)c1ccc(Cn2nc(C)cc2C)cc1. The van der Waals surface area contributed by atoms with Crippen molar-refractivity contribution in [3.05, 3.63) is 82.7 Å². The first kappa shape index (κ1) is 18.4. The molecule has 6 heteroatoms. The van der Waals surface area contributed by atoms with Crippen LogP contribution in [0.3, 0.4) is 0 Å². The summed E-state index contributed by atoms with van der Waals surface area (Å²) in [6, 6.07) is 16.1. The number of para-hydroxylation sites is 1. The Morgan fingerprint density at radius 1 is 1.07 bits per heavy atom. The van der Waals surface area contributed by atoms with Crippen molar-refractivity contribution >= 4 is 17.6 Å². The highest BCUT2D eigenvalue weighted by Crippen LogP contribution is 2.17. The Labute approximate surface area is 157 Å². The molecule has 0 aliphatic rings. The summed E-state index contributed by atoms with van der Waals surface area (Å²) in [4.78, 5) is 24.3. The van der Waals surface area contributed by atoms with Gasteiger partial charge in [-0.25, -0.2) is 4.79 Å². The molecule has 3 aromatic rings. The van der Waals surface area contributed by atoms with Gasteiger partial charge in [-0.15, -0.1) is 0 Å². The van der Waals surface area contributed by atoms with Crippen LogP contribution >= 0.6 is 0 Å². The molecular weight excluding hydrogens is 342 g/mol. The molecule has 27 heavy (non-hydrogen) atoms. The molecule has 1 aromatic heterocycles. The van der Waals surface area contributed by atoms with Gasteiger partial charge in [-0.2, -0.15) is 5.10 Å². The summed E-state index contributed by atoms with van der Waals surface area (Å²) in [5.74, 6) is -0.782. The van der Waals surface area contributed by atoms with E-state index in [1.54, 1.807) is 36.4 Å². The number of methoxy groups -OCH3 is 1. The minimum absolute atomic E-state index is 0.288. The molecule has 0 spiro atoms. The van der Waals surface area contributed by atoms with Gasteiger partial charge in [0.05, 0.1) is 30.6 Å². The monoisotopic (exact) mass is 363 g/mol. The lowest BCUT2D eigenvalue weighted by atomic mass is 10.1. The standard InChI is InChI=1S/C21H21N3O3/c1-14-12-15(2)24(23-14)13-16-8-10-17(11-9-16)20(25)22-19-7-5-4-6-18(19)21(26)27-3/h4-12H,13H2,1-3H3,(H,22,25). The number of aryl methyl sites for hydroxylation is 2. The molecule has 0 radical (unpaired) electrons. The van der Waals surface area contributed by atoms with Gasteiger partial charge in [0.1, 0.15) is 0 Å². The van der Waals surface area contributed by atoms with E-state index in [2.05, 4.69) is 10.4 Å². The molecule has 0 fully saturated rings. The number of nitrogens with zero attached hydrogens (tertiary/aromatic N) is 2. The van der Waals surface area contributed by atoms with Crippen molar-refractivity contribution in [2.75, 3.05) is 12.4 Å². The highest BCUT2D eigenvalue weighted by atomic mass is 16.5. The van der Waals surface area contributed by atoms with Crippen LogP contribution in [0.25, 0.3) is 0 Å². The second kappa shape index (κ2) is 7.86. The molecule has 0 unspecified atom stereocenters. The topological polar surface area (TPSA) is 73.2 Å². The molecule has 0 bridgehead atoms. The van der Waals surface area contributed by atoms with Gasteiger partial charge >= 0.3 is 5.97 Å². The molecule has 0 atom stereocenters. The summed E-state index contributed by atoms with van der Waals surface area (Å²) >= 11 is 0. The van der Waals surface area contributed by atoms with Gasteiger partial charge in [0.25, 0.3) is 5.91 Å². The number of nitrogens with one attached hydrogen (secondary N) is 1. The van der Waals surface area contributed by atoms with Gasteiger partial charge in [-0.3, -0.25) is 9.48 Å². The normalized spacial score (nSPS) is 10.5. The maximum absolute atomic E-state index is 12.5. The summed E-state index contributed by atoms with van der Waals surface area (Å²) in [7, 11) is 1.31. The number of rotatable bonds is 5. The van der Waals surface area contributed by atoms with Gasteiger partial charge < -0.3 is 10.1 Å². The number of benzene rings is 2. The van der Waals surface area contributed by atoms with E-state index in [9.17, 15) is 9.59 Å². The third-order valence-electron chi connectivity index (χ3n) is 4.23. The van der Waals surface area contributed by atoms with E-state index in [0.717, 1.165) is 17.0 Å². The minimum Gasteiger partial charge on any atom is -0.465 e. The summed E-state index contributed by atoms with van der Waals surface area (Å²) in [6.45, 7) is 4.62. The Morgan fingerprint density at radius 2 is 1.78 bits per heavy atom. The molecular formula is C21H21N3O3. The van der Waals surface area contributed by atoms with E-state index in [4.69, 9.17) is 4.74 Å². The van der Waals surface area contributed by atoms with Crippen LogP contribution in [0.2, 0.25) is 0 Å². The quantitative estimate of drug-likeness (QED) is 0.703. The molecule has 0 aliphatic heterocycles. The van der Waals surface area contributed by atoms with E-state index in [1.165, 1.54) is 7.11 Å². The summed E-state index contributed by atoms with van der Waals surface area (Å²) in [5, 5.41) is 7.21. The fourth-order valence-electron chi connectivity index (χ4n) is 2.84. The van der Waals surface area contributed by atoms with Gasteiger partial charge in [0.15, 0.2) is 0 Å². The zero-order valence-electron chi connectivity index (χ0n) is 15.5. The van der Waals surface area contributed by atoms with Crippen LogP contribution in [0, 0.1) is 13.8 Å². The molecule has 2 aromatic carbocycles. The predicted octanol–water partition coefficient (Wildman–Crippen LogP) is 3.59. The number of esters is 1. The van der Waals surface area contributed by atoms with Crippen LogP contribution in [0.1, 0.15) is 37.7 Å². The molecule has 0 saturated carbocycles. The van der Waals surface area contributed by atoms with Gasteiger partial charge in [0, 0.05) is 11.3 Å². The van der Waals surface area contributed by atoms with Crippen LogP contribution in [0.5, 0.6) is 0 Å². The van der Waals surface area contributed by atoms with E-state index >= 15 is 0 Å². The first-order valence-electron chi connectivity index (χ1n) is 8.56. The van der Waals surface area contributed by atoms with E-state index < -0.39 is 5.97 Å². The lowest BCUT2D eigenvalue weighted by Gasteiger charge is -2.10. The van der Waals surface area contributed by atoms with Crippen LogP contribution in [0.15, 0.2) is 54.6 Å². The maximum atomic E-state index is 12.5. The highest BCUT2D eigenvalue weighted by molar-refractivity contribution is 6.07. The van der Waals surface area contributed by atoms with Crippen LogP contribution < -0.4 is 5.32 Å². The fraction of sp³-hybridized carbons (Fsp3) is 0.190. The highest BCUT2D eigenvalue weighted by Gasteiger charge is 2.14. The zero-order valence-corrected chi connectivity index (χ0v) is 15.5. The molecule has 138 valence electrons. The third kappa shape index (κ3) is 4.23. The maximum Gasteiger partial charge on any atom is 0.339 e. The van der Waals surface area contributed by atoms with Gasteiger partial charge in [0.2, 0.25) is 0 Å². The number of anilines is 1. The van der Waals surface area contributed by atoms with Crippen molar-refractivity contribution in [1.82, 2.24) is 9.78 Å². The Morgan fingerprint density at radius 3 is 2.41 bits per heavy atom. The summed E-state index contributed by atoms with van der Waals surface area (Å²) in [6.07, 6.45) is 0. The average Bonchev–Trinajstić information content (AvgIpc) is 2.99. The number of carbonyl (C=O) groups is 2. The van der Waals surface area contributed by atoms with Crippen LogP contribution in [0.4, 0.5) is 5.69 Å². The van der Waals surface area contributed by atoms with Crippen LogP contribution in [-0.2, 0) is 11.3 Å². The third-order valence-corrected chi connectivity index (χ3v) is 4.23. The molecule has 1 heterocycles. The van der Waals surface area contributed by atoms with Crippen molar-refractivity contribution in [2.24, 2.45) is 0 Å². The molecule has 1 N–H and O–H groups in total. The number of carbonyl (C=O) groups excluding carboxylic acids is 2. The van der Waals surface area contributed by atoms with E-state index in [0.29, 0.717) is 23.4 Å². The predicted molar refractivity (Wildman–Crippen MR) is 103 cm³/mol. The first-order chi connectivity index (χ1) is 13.0. The number of amides is 1. The van der Waals surface area contributed by atoms with Crippen molar-refractivity contribution < 1.29 is 14.3 Å². The van der Waals surface area contributed by atoms with Gasteiger partial charge in [-0.05, 0) is 49.7 Å². The molecule has 0 saturated heterocycles. The van der Waals surface area contributed by atoms with Crippen molar-refractivity contribution in [3.63, 3.8) is 0 Å². The van der Waals surface area contributed by atoms with Crippen molar-refractivity contribution in [1.29, 1.82) is 0 Å². The van der Waals surface area contributed by atoms with E-state index in [-0.39, 0.29) is 5.91 Å². The lowest BCUT2D eigenvalue weighted by molar-refractivity contribution is 0.0602. The molecule has 6 nitrogen and oxygen atoms in total. The Hall–Kier alpha value is -3.41. The van der Waals surface area contributed by atoms with Crippen LogP contribution in [-0.4, -0.2) is 28.8 Å². The smallest absolute Gasteiger partial charge is 0.339 e. The lowest BCUT2D eigenvalue weighted by Crippen LogP contribution is -2.15. The Balaban J connectivity index is 1.73. The first-order valence-corrected chi connectivity index (χ1v) is 8.56. The largest absolute Gasteiger partial charge is 0.465 e. The van der Waals surface area contributed by atoms with Gasteiger partial charge in [-0.1, -0.05) is 24.3 Å². The van der Waals surface area contributed by atoms with E-state index in [1.807, 2.05) is 36.7 Å². The summed E-state index contributed by atoms with van der Waals surface area (Å²) < 4.78 is 6.68. The Kier molecular flexibility index (Phi) is 5.35. The second-order valence-electron chi connectivity index (χ2n) is 6.27. The number of ether oxygens (including phenoxy) is 1. The number of aromatic nitrogens is 2. The Bertz CT molecular complexity index is 975. The number of hydrogen-bond acceptors (Lipinski definition) is 4. The van der Waals surface area contributed by atoms with Crippen molar-refractivity contribution in [3.8, 4) is 0 Å². The second-order valence-corrected chi connectivity index (χ2v) is 6.27.